The first-order valence-electron chi connectivity index (χ1n) is 6.59. The molecule has 1 heterocycles. The Morgan fingerprint density at radius 1 is 1.25 bits per heavy atom. The number of aromatic nitrogens is 1. The summed E-state index contributed by atoms with van der Waals surface area (Å²) in [6.07, 6.45) is 4.20. The Morgan fingerprint density at radius 2 is 2.00 bits per heavy atom. The summed E-state index contributed by atoms with van der Waals surface area (Å²) in [5, 5.41) is 4.01. The summed E-state index contributed by atoms with van der Waals surface area (Å²) in [4.78, 5) is 4.02. The van der Waals surface area contributed by atoms with E-state index in [2.05, 4.69) is 22.4 Å². The molecule has 2 rings (SSSR count). The van der Waals surface area contributed by atoms with Crippen LogP contribution in [0.15, 0.2) is 48.8 Å². The van der Waals surface area contributed by atoms with Gasteiger partial charge in [-0.15, -0.1) is 0 Å². The molecule has 0 aliphatic carbocycles. The quantitative estimate of drug-likeness (QED) is 0.887. The Kier molecular flexibility index (Phi) is 5.53. The number of hydrogen-bond donors (Lipinski definition) is 1. The van der Waals surface area contributed by atoms with Crippen LogP contribution in [0.3, 0.4) is 0 Å². The molecule has 0 spiro atoms. The van der Waals surface area contributed by atoms with Gasteiger partial charge in [-0.05, 0) is 30.7 Å². The van der Waals surface area contributed by atoms with Crippen LogP contribution in [0.2, 0.25) is 5.02 Å². The summed E-state index contributed by atoms with van der Waals surface area (Å²) in [7, 11) is 3.67. The van der Waals surface area contributed by atoms with E-state index in [1.165, 1.54) is 0 Å². The monoisotopic (exact) mass is 290 g/mol. The van der Waals surface area contributed by atoms with Gasteiger partial charge in [0, 0.05) is 25.5 Å². The molecule has 0 bridgehead atoms. The average molecular weight is 291 g/mol. The summed E-state index contributed by atoms with van der Waals surface area (Å²) < 4.78 is 5.68. The van der Waals surface area contributed by atoms with Crippen LogP contribution in [0.4, 0.5) is 0 Å². The lowest BCUT2D eigenvalue weighted by Crippen LogP contribution is -2.35. The highest BCUT2D eigenvalue weighted by Gasteiger charge is 2.22. The first-order chi connectivity index (χ1) is 9.76. The molecule has 0 aliphatic rings. The summed E-state index contributed by atoms with van der Waals surface area (Å²) in [6.45, 7) is 0. The van der Waals surface area contributed by atoms with Crippen LogP contribution in [0, 0.1) is 0 Å². The second kappa shape index (κ2) is 7.39. The van der Waals surface area contributed by atoms with E-state index < -0.39 is 0 Å². The van der Waals surface area contributed by atoms with E-state index in [0.717, 1.165) is 17.5 Å². The van der Waals surface area contributed by atoms with Gasteiger partial charge in [0.2, 0.25) is 0 Å². The van der Waals surface area contributed by atoms with E-state index >= 15 is 0 Å². The average Bonchev–Trinajstić information content (AvgIpc) is 2.50. The number of likely N-dealkylation sites (N-methyl/N-ethyl adjacent to an activating group) is 1. The van der Waals surface area contributed by atoms with Gasteiger partial charge in [-0.25, -0.2) is 0 Å². The molecule has 1 aromatic carbocycles. The molecule has 1 aromatic heterocycles. The van der Waals surface area contributed by atoms with E-state index in [4.69, 9.17) is 16.3 Å². The number of rotatable bonds is 6. The van der Waals surface area contributed by atoms with Crippen LogP contribution >= 0.6 is 11.6 Å². The van der Waals surface area contributed by atoms with Crippen molar-refractivity contribution in [2.45, 2.75) is 18.6 Å². The van der Waals surface area contributed by atoms with Gasteiger partial charge in [0.15, 0.2) is 0 Å². The molecule has 0 amide bonds. The number of benzene rings is 1. The van der Waals surface area contributed by atoms with Crippen molar-refractivity contribution in [1.29, 1.82) is 0 Å². The first kappa shape index (κ1) is 15.0. The van der Waals surface area contributed by atoms with Crippen LogP contribution in [0.1, 0.15) is 17.2 Å². The van der Waals surface area contributed by atoms with Gasteiger partial charge in [-0.1, -0.05) is 41.9 Å². The first-order valence-corrected chi connectivity index (χ1v) is 6.97. The normalized spacial score (nSPS) is 13.9. The van der Waals surface area contributed by atoms with Crippen molar-refractivity contribution in [1.82, 2.24) is 10.3 Å². The maximum Gasteiger partial charge on any atom is 0.0977 e. The molecule has 3 nitrogen and oxygen atoms in total. The SMILES string of the molecule is CNC(Cc1ccncc1Cl)C(OC)c1ccccc1. The molecular weight excluding hydrogens is 272 g/mol. The second-order valence-corrected chi connectivity index (χ2v) is 5.04. The van der Waals surface area contributed by atoms with Crippen molar-refractivity contribution < 1.29 is 4.74 Å². The van der Waals surface area contributed by atoms with Gasteiger partial charge < -0.3 is 10.1 Å². The molecule has 1 N–H and O–H groups in total. The van der Waals surface area contributed by atoms with Crippen molar-refractivity contribution in [3.05, 3.63) is 64.9 Å². The van der Waals surface area contributed by atoms with Crippen molar-refractivity contribution >= 4 is 11.6 Å². The van der Waals surface area contributed by atoms with Crippen molar-refractivity contribution in [3.8, 4) is 0 Å². The molecule has 4 heteroatoms. The highest BCUT2D eigenvalue weighted by atomic mass is 35.5. The molecule has 0 saturated heterocycles. The zero-order chi connectivity index (χ0) is 14.4. The van der Waals surface area contributed by atoms with E-state index in [0.29, 0.717) is 5.02 Å². The lowest BCUT2D eigenvalue weighted by atomic mass is 9.96. The summed E-state index contributed by atoms with van der Waals surface area (Å²) in [5.74, 6) is 0. The minimum atomic E-state index is -0.0227. The molecule has 2 aromatic rings. The molecule has 0 fully saturated rings. The number of pyridine rings is 1. The topological polar surface area (TPSA) is 34.2 Å². The third-order valence-electron chi connectivity index (χ3n) is 3.41. The van der Waals surface area contributed by atoms with Crippen molar-refractivity contribution in [3.63, 3.8) is 0 Å². The fraction of sp³-hybridized carbons (Fsp3) is 0.312. The molecule has 0 aliphatic heterocycles. The Morgan fingerprint density at radius 3 is 2.60 bits per heavy atom. The number of nitrogens with zero attached hydrogens (tertiary/aromatic N) is 1. The minimum absolute atomic E-state index is 0.0227. The third-order valence-corrected chi connectivity index (χ3v) is 3.75. The molecule has 20 heavy (non-hydrogen) atoms. The zero-order valence-corrected chi connectivity index (χ0v) is 12.5. The predicted molar refractivity (Wildman–Crippen MR) is 82.0 cm³/mol. The van der Waals surface area contributed by atoms with Crippen LogP contribution < -0.4 is 5.32 Å². The molecule has 0 radical (unpaired) electrons. The number of methoxy groups -OCH3 is 1. The Hall–Kier alpha value is -1.42. The Bertz CT molecular complexity index is 533. The molecule has 2 atom stereocenters. The Balaban J connectivity index is 2.20. The summed E-state index contributed by atoms with van der Waals surface area (Å²) in [5.41, 5.74) is 2.22. The lowest BCUT2D eigenvalue weighted by molar-refractivity contribution is 0.0704. The highest BCUT2D eigenvalue weighted by molar-refractivity contribution is 6.31. The maximum atomic E-state index is 6.19. The maximum absolute atomic E-state index is 6.19. The number of nitrogens with one attached hydrogen (secondary N) is 1. The molecule has 2 unspecified atom stereocenters. The predicted octanol–water partition coefficient (Wildman–Crippen LogP) is 3.25. The minimum Gasteiger partial charge on any atom is -0.375 e. The van der Waals surface area contributed by atoms with Gasteiger partial charge in [0.1, 0.15) is 0 Å². The van der Waals surface area contributed by atoms with Gasteiger partial charge in [0.05, 0.1) is 11.1 Å². The smallest absolute Gasteiger partial charge is 0.0977 e. The lowest BCUT2D eigenvalue weighted by Gasteiger charge is -2.26. The van der Waals surface area contributed by atoms with Crippen LogP contribution in [-0.4, -0.2) is 25.2 Å². The van der Waals surface area contributed by atoms with Crippen LogP contribution in [0.25, 0.3) is 0 Å². The standard InChI is InChI=1S/C16H19ClN2O/c1-18-15(10-13-8-9-19-11-14(13)17)16(20-2)12-6-4-3-5-7-12/h3-9,11,15-16,18H,10H2,1-2H3. The highest BCUT2D eigenvalue weighted by Crippen LogP contribution is 2.25. The summed E-state index contributed by atoms with van der Waals surface area (Å²) >= 11 is 6.19. The van der Waals surface area contributed by atoms with E-state index in [1.54, 1.807) is 19.5 Å². The van der Waals surface area contributed by atoms with Crippen LogP contribution in [0.5, 0.6) is 0 Å². The fourth-order valence-corrected chi connectivity index (χ4v) is 2.54. The third kappa shape index (κ3) is 3.57. The fourth-order valence-electron chi connectivity index (χ4n) is 2.34. The van der Waals surface area contributed by atoms with Gasteiger partial charge in [0.25, 0.3) is 0 Å². The molecule has 0 saturated carbocycles. The number of hydrogen-bond acceptors (Lipinski definition) is 3. The number of ether oxygens (including phenoxy) is 1. The van der Waals surface area contributed by atoms with Gasteiger partial charge >= 0.3 is 0 Å². The van der Waals surface area contributed by atoms with E-state index in [9.17, 15) is 0 Å². The second-order valence-electron chi connectivity index (χ2n) is 4.63. The van der Waals surface area contributed by atoms with Gasteiger partial charge in [-0.3, -0.25) is 4.98 Å². The van der Waals surface area contributed by atoms with E-state index in [-0.39, 0.29) is 12.1 Å². The Labute approximate surface area is 124 Å². The van der Waals surface area contributed by atoms with E-state index in [1.807, 2.05) is 31.3 Å². The molecular formula is C16H19ClN2O. The molecule has 106 valence electrons. The summed E-state index contributed by atoms with van der Waals surface area (Å²) in [6, 6.07) is 12.3. The van der Waals surface area contributed by atoms with Crippen LogP contribution in [-0.2, 0) is 11.2 Å². The van der Waals surface area contributed by atoms with Crippen molar-refractivity contribution in [2.24, 2.45) is 0 Å². The largest absolute Gasteiger partial charge is 0.375 e. The van der Waals surface area contributed by atoms with Gasteiger partial charge in [-0.2, -0.15) is 0 Å². The zero-order valence-electron chi connectivity index (χ0n) is 11.7. The van der Waals surface area contributed by atoms with Crippen molar-refractivity contribution in [2.75, 3.05) is 14.2 Å². The number of halogens is 1.